The van der Waals surface area contributed by atoms with Crippen LogP contribution in [0.3, 0.4) is 0 Å². The van der Waals surface area contributed by atoms with E-state index in [1.54, 1.807) is 0 Å². The molecule has 6 nitrogen and oxygen atoms in total. The lowest BCUT2D eigenvalue weighted by Crippen LogP contribution is -2.36. The molecule has 38 heavy (non-hydrogen) atoms. The Bertz CT molecular complexity index is 843. The van der Waals surface area contributed by atoms with E-state index in [0.717, 1.165) is 83.7 Å². The fraction of sp³-hybridized carbons (Fsp3) is 0.719. The molecule has 1 aliphatic heterocycles. The van der Waals surface area contributed by atoms with Gasteiger partial charge in [0.2, 0.25) is 0 Å². The van der Waals surface area contributed by atoms with E-state index in [1.807, 2.05) is 24.5 Å². The molecule has 2 aliphatic rings. The maximum Gasteiger partial charge on any atom is 0.305 e. The minimum atomic E-state index is -0.389. The number of esters is 1. The van der Waals surface area contributed by atoms with Crippen molar-refractivity contribution in [2.75, 3.05) is 19.7 Å². The Morgan fingerprint density at radius 2 is 2.05 bits per heavy atom. The van der Waals surface area contributed by atoms with Gasteiger partial charge in [-0.1, -0.05) is 70.1 Å². The zero-order valence-electron chi connectivity index (χ0n) is 23.6. The van der Waals surface area contributed by atoms with Crippen molar-refractivity contribution < 1.29 is 19.4 Å². The van der Waals surface area contributed by atoms with Crippen LogP contribution in [-0.4, -0.2) is 52.5 Å². The zero-order valence-corrected chi connectivity index (χ0v) is 23.6. The van der Waals surface area contributed by atoms with Crippen molar-refractivity contribution in [1.82, 2.24) is 9.88 Å². The minimum Gasteiger partial charge on any atom is -0.464 e. The normalized spacial score (nSPS) is 23.2. The van der Waals surface area contributed by atoms with Crippen molar-refractivity contribution in [3.63, 3.8) is 0 Å². The van der Waals surface area contributed by atoms with Gasteiger partial charge in [0.1, 0.15) is 12.4 Å². The second kappa shape index (κ2) is 17.5. The number of ketones is 1. The van der Waals surface area contributed by atoms with Gasteiger partial charge >= 0.3 is 5.97 Å². The number of unbranched alkanes of at least 4 members (excludes halogenated alkanes) is 5. The van der Waals surface area contributed by atoms with E-state index in [9.17, 15) is 14.7 Å². The summed E-state index contributed by atoms with van der Waals surface area (Å²) in [5.74, 6) is 0.650. The van der Waals surface area contributed by atoms with Crippen LogP contribution in [0.25, 0.3) is 0 Å². The van der Waals surface area contributed by atoms with Gasteiger partial charge in [0, 0.05) is 43.7 Å². The first-order chi connectivity index (χ1) is 18.6. The molecule has 1 aromatic rings. The molecule has 1 N–H and O–H groups in total. The topological polar surface area (TPSA) is 79.7 Å². The second-order valence-corrected chi connectivity index (χ2v) is 11.2. The predicted octanol–water partition coefficient (Wildman–Crippen LogP) is 6.59. The Hall–Kier alpha value is -2.05. The summed E-state index contributed by atoms with van der Waals surface area (Å²) in [6.07, 6.45) is 21.9. The zero-order chi connectivity index (χ0) is 27.0. The number of hydrogen-bond acceptors (Lipinski definition) is 6. The van der Waals surface area contributed by atoms with Gasteiger partial charge in [-0.15, -0.1) is 0 Å². The van der Waals surface area contributed by atoms with Crippen molar-refractivity contribution in [2.24, 2.45) is 11.8 Å². The third kappa shape index (κ3) is 10.6. The molecule has 2 fully saturated rings. The number of likely N-dealkylation sites (tertiary alicyclic amines) is 1. The highest BCUT2D eigenvalue weighted by Crippen LogP contribution is 2.34. The van der Waals surface area contributed by atoms with Crippen LogP contribution in [0.1, 0.15) is 115 Å². The molecule has 2 heterocycles. The molecule has 212 valence electrons. The molecule has 0 spiro atoms. The Kier molecular flexibility index (Phi) is 14.1. The summed E-state index contributed by atoms with van der Waals surface area (Å²) in [6, 6.07) is 4.50. The molecular formula is C32H50N2O4. The van der Waals surface area contributed by atoms with Crippen LogP contribution in [0, 0.1) is 11.8 Å². The van der Waals surface area contributed by atoms with Gasteiger partial charge in [-0.2, -0.15) is 0 Å². The molecule has 3 rings (SSSR count). The van der Waals surface area contributed by atoms with Gasteiger partial charge in [-0.05, 0) is 62.6 Å². The van der Waals surface area contributed by atoms with Crippen molar-refractivity contribution in [3.8, 4) is 0 Å². The van der Waals surface area contributed by atoms with E-state index in [1.165, 1.54) is 18.4 Å². The summed E-state index contributed by atoms with van der Waals surface area (Å²) in [5.41, 5.74) is 1.25. The van der Waals surface area contributed by atoms with Crippen molar-refractivity contribution in [3.05, 3.63) is 42.2 Å². The predicted molar refractivity (Wildman–Crippen MR) is 152 cm³/mol. The number of Topliss-reactive ketones (excluding diaryl/α,β-unsaturated/α-hetero) is 1. The lowest BCUT2D eigenvalue weighted by Gasteiger charge is -2.35. The molecule has 0 radical (unpaired) electrons. The minimum absolute atomic E-state index is 0.101. The highest BCUT2D eigenvalue weighted by atomic mass is 16.5. The largest absolute Gasteiger partial charge is 0.464 e. The number of pyridine rings is 1. The Morgan fingerprint density at radius 1 is 1.18 bits per heavy atom. The molecule has 0 aromatic carbocycles. The molecular weight excluding hydrogens is 476 g/mol. The number of aliphatic hydroxyl groups is 1. The fourth-order valence-corrected chi connectivity index (χ4v) is 6.06. The number of rotatable bonds is 17. The van der Waals surface area contributed by atoms with Gasteiger partial charge in [-0.25, -0.2) is 0 Å². The number of allylic oxidation sites excluding steroid dienone is 1. The number of carbonyl (C=O) groups is 2. The molecule has 0 unspecified atom stereocenters. The molecule has 0 bridgehead atoms. The summed E-state index contributed by atoms with van der Waals surface area (Å²) < 4.78 is 5.55. The van der Waals surface area contributed by atoms with Crippen LogP contribution in [0.15, 0.2) is 36.7 Å². The van der Waals surface area contributed by atoms with Crippen LogP contribution < -0.4 is 0 Å². The van der Waals surface area contributed by atoms with Gasteiger partial charge in [0.05, 0.1) is 6.10 Å². The van der Waals surface area contributed by atoms with E-state index < -0.39 is 0 Å². The Balaban J connectivity index is 1.25. The molecule has 4 atom stereocenters. The molecule has 1 saturated carbocycles. The standard InChI is InChI=1S/C32H50N2O4/c1-2-3-6-13-28(35)19-17-26-18-20-31(36)29(26)14-7-4-5-8-16-32(37)38-24-23-34-22-10-9-15-30(34)27-12-11-21-33-25-27/h11-12,17,19,21,25-26,28-30,35H,2-10,13-16,18,20,22-24H2,1H3/t26-,28+,29-,30-/m1/s1. The summed E-state index contributed by atoms with van der Waals surface area (Å²) in [6.45, 7) is 4.42. The van der Waals surface area contributed by atoms with Crippen molar-refractivity contribution >= 4 is 11.8 Å². The number of ether oxygens (including phenoxy) is 1. The second-order valence-electron chi connectivity index (χ2n) is 11.2. The molecule has 1 saturated heterocycles. The highest BCUT2D eigenvalue weighted by molar-refractivity contribution is 5.83. The molecule has 6 heteroatoms. The SMILES string of the molecule is CCCCC[C@H](O)C=C[C@@H]1CCC(=O)[C@@H]1CCCCCCC(=O)OCCN1CCCC[C@@H]1c1cccnc1. The van der Waals surface area contributed by atoms with Crippen LogP contribution in [-0.2, 0) is 14.3 Å². The van der Waals surface area contributed by atoms with Crippen molar-refractivity contribution in [1.29, 1.82) is 0 Å². The number of piperidine rings is 1. The lowest BCUT2D eigenvalue weighted by molar-refractivity contribution is -0.144. The van der Waals surface area contributed by atoms with Gasteiger partial charge in [-0.3, -0.25) is 19.5 Å². The quantitative estimate of drug-likeness (QED) is 0.140. The lowest BCUT2D eigenvalue weighted by atomic mass is 9.89. The maximum absolute atomic E-state index is 12.4. The number of carbonyl (C=O) groups excluding carboxylic acids is 2. The molecule has 1 aliphatic carbocycles. The first kappa shape index (κ1) is 30.5. The van der Waals surface area contributed by atoms with E-state index in [0.29, 0.717) is 31.3 Å². The van der Waals surface area contributed by atoms with Gasteiger partial charge in [0.15, 0.2) is 0 Å². The summed E-state index contributed by atoms with van der Waals surface area (Å²) in [5, 5.41) is 10.2. The van der Waals surface area contributed by atoms with E-state index in [4.69, 9.17) is 4.74 Å². The van der Waals surface area contributed by atoms with Crippen LogP contribution in [0.5, 0.6) is 0 Å². The fourth-order valence-electron chi connectivity index (χ4n) is 6.06. The monoisotopic (exact) mass is 526 g/mol. The van der Waals surface area contributed by atoms with Crippen LogP contribution in [0.2, 0.25) is 0 Å². The smallest absolute Gasteiger partial charge is 0.305 e. The highest BCUT2D eigenvalue weighted by Gasteiger charge is 2.32. The van der Waals surface area contributed by atoms with Crippen LogP contribution >= 0.6 is 0 Å². The summed E-state index contributed by atoms with van der Waals surface area (Å²) in [7, 11) is 0. The average molecular weight is 527 g/mol. The first-order valence-corrected chi connectivity index (χ1v) is 15.3. The van der Waals surface area contributed by atoms with E-state index >= 15 is 0 Å². The van der Waals surface area contributed by atoms with Crippen molar-refractivity contribution in [2.45, 2.75) is 115 Å². The number of nitrogens with zero attached hydrogens (tertiary/aromatic N) is 2. The number of hydrogen-bond donors (Lipinski definition) is 1. The number of aromatic nitrogens is 1. The molecule has 1 aromatic heterocycles. The summed E-state index contributed by atoms with van der Waals surface area (Å²) in [4.78, 5) is 31.3. The van der Waals surface area contributed by atoms with Crippen LogP contribution in [0.4, 0.5) is 0 Å². The first-order valence-electron chi connectivity index (χ1n) is 15.3. The average Bonchev–Trinajstić information content (AvgIpc) is 3.29. The van der Waals surface area contributed by atoms with E-state index in [2.05, 4.69) is 29.0 Å². The number of aliphatic hydroxyl groups excluding tert-OH is 1. The molecule has 0 amide bonds. The third-order valence-electron chi connectivity index (χ3n) is 8.31. The van der Waals surface area contributed by atoms with E-state index in [-0.39, 0.29) is 23.9 Å². The Labute approximate surface area is 230 Å². The summed E-state index contributed by atoms with van der Waals surface area (Å²) >= 11 is 0. The van der Waals surface area contributed by atoms with Gasteiger partial charge < -0.3 is 9.84 Å². The third-order valence-corrected chi connectivity index (χ3v) is 8.31. The van der Waals surface area contributed by atoms with Gasteiger partial charge in [0.25, 0.3) is 0 Å². The maximum atomic E-state index is 12.4. The Morgan fingerprint density at radius 3 is 2.87 bits per heavy atom.